The van der Waals surface area contributed by atoms with Gasteiger partial charge in [-0.3, -0.25) is 0 Å². The van der Waals surface area contributed by atoms with Gasteiger partial charge >= 0.3 is 0 Å². The van der Waals surface area contributed by atoms with Crippen LogP contribution in [0.2, 0.25) is 5.02 Å². The lowest BCUT2D eigenvalue weighted by Crippen LogP contribution is -2.24. The predicted octanol–water partition coefficient (Wildman–Crippen LogP) is 8.23. The fourth-order valence-corrected chi connectivity index (χ4v) is 4.36. The van der Waals surface area contributed by atoms with Crippen molar-refractivity contribution in [3.8, 4) is 29.6 Å². The molecule has 0 saturated heterocycles. The van der Waals surface area contributed by atoms with Crippen molar-refractivity contribution in [3.63, 3.8) is 0 Å². The van der Waals surface area contributed by atoms with Gasteiger partial charge in [0.25, 0.3) is 0 Å². The van der Waals surface area contributed by atoms with E-state index in [1.807, 2.05) is 61.5 Å². The molecule has 0 amide bonds. The molecule has 3 rings (SSSR count). The second-order valence-corrected chi connectivity index (χ2v) is 8.38. The first-order chi connectivity index (χ1) is 15.6. The fraction of sp³-hybridized carbons (Fsp3) is 0.310. The highest BCUT2D eigenvalue weighted by molar-refractivity contribution is 6.32. The minimum atomic E-state index is -0.332. The maximum absolute atomic E-state index is 6.48. The van der Waals surface area contributed by atoms with Gasteiger partial charge < -0.3 is 9.47 Å². The zero-order valence-corrected chi connectivity index (χ0v) is 19.7. The van der Waals surface area contributed by atoms with Crippen molar-refractivity contribution in [3.05, 3.63) is 88.9 Å². The zero-order chi connectivity index (χ0) is 22.8. The van der Waals surface area contributed by atoms with E-state index in [1.165, 1.54) is 5.56 Å². The third-order valence-corrected chi connectivity index (χ3v) is 5.98. The van der Waals surface area contributed by atoms with Crippen LogP contribution >= 0.6 is 11.6 Å². The van der Waals surface area contributed by atoms with Gasteiger partial charge in [0, 0.05) is 0 Å². The summed E-state index contributed by atoms with van der Waals surface area (Å²) < 4.78 is 11.6. The molecule has 3 aromatic carbocycles. The molecule has 1 unspecified atom stereocenters. The van der Waals surface area contributed by atoms with E-state index in [2.05, 4.69) is 31.0 Å². The molecule has 0 aromatic heterocycles. The van der Waals surface area contributed by atoms with Crippen LogP contribution < -0.4 is 9.47 Å². The lowest BCUT2D eigenvalue weighted by atomic mass is 9.73. The first-order valence-corrected chi connectivity index (χ1v) is 11.7. The van der Waals surface area contributed by atoms with Crippen LogP contribution in [0.5, 0.6) is 17.2 Å². The molecule has 0 aliphatic rings. The summed E-state index contributed by atoms with van der Waals surface area (Å²) in [7, 11) is 0. The van der Waals surface area contributed by atoms with E-state index in [0.29, 0.717) is 17.4 Å². The third-order valence-electron chi connectivity index (χ3n) is 5.68. The summed E-state index contributed by atoms with van der Waals surface area (Å²) >= 11 is 6.48. The van der Waals surface area contributed by atoms with Gasteiger partial charge in [0.15, 0.2) is 0 Å². The first kappa shape index (κ1) is 23.8. The van der Waals surface area contributed by atoms with Crippen LogP contribution in [0.15, 0.2) is 72.8 Å². The Bertz CT molecular complexity index is 1040. The highest BCUT2D eigenvalue weighted by Gasteiger charge is 2.29. The van der Waals surface area contributed by atoms with Crippen molar-refractivity contribution in [1.29, 1.82) is 0 Å². The Labute approximate surface area is 197 Å². The van der Waals surface area contributed by atoms with E-state index in [0.717, 1.165) is 49.2 Å². The lowest BCUT2D eigenvalue weighted by molar-refractivity contribution is 0.340. The average Bonchev–Trinajstić information content (AvgIpc) is 2.81. The van der Waals surface area contributed by atoms with Crippen molar-refractivity contribution in [2.75, 3.05) is 6.61 Å². The fourth-order valence-electron chi connectivity index (χ4n) is 4.12. The predicted molar refractivity (Wildman–Crippen MR) is 134 cm³/mol. The molecule has 2 nitrogen and oxygen atoms in total. The Morgan fingerprint density at radius 3 is 2.38 bits per heavy atom. The zero-order valence-electron chi connectivity index (χ0n) is 18.9. The summed E-state index contributed by atoms with van der Waals surface area (Å²) in [5.74, 6) is 5.51. The lowest BCUT2D eigenvalue weighted by Gasteiger charge is -2.29. The SMILES string of the molecule is C#CC(CCC)(CCCc1cccc(Oc2ccccc2)c1)c1ccc(OCC)c(Cl)c1. The summed E-state index contributed by atoms with van der Waals surface area (Å²) in [6.45, 7) is 4.71. The number of halogens is 1. The number of para-hydroxylation sites is 1. The van der Waals surface area contributed by atoms with Crippen molar-refractivity contribution in [2.24, 2.45) is 0 Å². The Morgan fingerprint density at radius 1 is 0.906 bits per heavy atom. The van der Waals surface area contributed by atoms with Crippen LogP contribution in [0.4, 0.5) is 0 Å². The van der Waals surface area contributed by atoms with Crippen LogP contribution in [-0.2, 0) is 11.8 Å². The van der Waals surface area contributed by atoms with Gasteiger partial charge in [-0.05, 0) is 80.1 Å². The standard InChI is InChI=1S/C29H31ClO2/c1-4-19-29(5-2,24-17-18-28(31-6-3)27(30)22-24)20-11-13-23-12-10-16-26(21-23)32-25-14-8-7-9-15-25/h2,7-10,12,14-18,21-22H,4,6,11,13,19-20H2,1,3H3. The Hall–Kier alpha value is -2.89. The number of rotatable bonds is 11. The van der Waals surface area contributed by atoms with Crippen LogP contribution in [0.3, 0.4) is 0 Å². The molecule has 0 heterocycles. The second kappa shape index (κ2) is 11.7. The summed E-state index contributed by atoms with van der Waals surface area (Å²) in [6, 6.07) is 24.1. The largest absolute Gasteiger partial charge is 0.492 e. The second-order valence-electron chi connectivity index (χ2n) is 7.97. The molecule has 0 radical (unpaired) electrons. The monoisotopic (exact) mass is 446 g/mol. The molecule has 0 spiro atoms. The maximum atomic E-state index is 6.48. The first-order valence-electron chi connectivity index (χ1n) is 11.3. The topological polar surface area (TPSA) is 18.5 Å². The summed E-state index contributed by atoms with van der Waals surface area (Å²) in [4.78, 5) is 0. The van der Waals surface area contributed by atoms with E-state index in [-0.39, 0.29) is 5.41 Å². The molecule has 0 aliphatic carbocycles. The van der Waals surface area contributed by atoms with E-state index >= 15 is 0 Å². The summed E-state index contributed by atoms with van der Waals surface area (Å²) in [6.07, 6.45) is 10.9. The molecular formula is C29H31ClO2. The average molecular weight is 447 g/mol. The highest BCUT2D eigenvalue weighted by atomic mass is 35.5. The quantitative estimate of drug-likeness (QED) is 0.276. The molecule has 166 valence electrons. The molecule has 3 heteroatoms. The van der Waals surface area contributed by atoms with E-state index in [1.54, 1.807) is 0 Å². The Kier molecular flexibility index (Phi) is 8.65. The molecule has 0 bridgehead atoms. The molecule has 0 aliphatic heterocycles. The van der Waals surface area contributed by atoms with Crippen molar-refractivity contribution in [2.45, 2.75) is 51.4 Å². The van der Waals surface area contributed by atoms with Crippen LogP contribution in [0.1, 0.15) is 50.7 Å². The van der Waals surface area contributed by atoms with Gasteiger partial charge in [0.2, 0.25) is 0 Å². The van der Waals surface area contributed by atoms with Crippen molar-refractivity contribution in [1.82, 2.24) is 0 Å². The molecule has 0 saturated carbocycles. The van der Waals surface area contributed by atoms with Gasteiger partial charge in [0.1, 0.15) is 17.2 Å². The summed E-state index contributed by atoms with van der Waals surface area (Å²) in [5.41, 5.74) is 2.00. The van der Waals surface area contributed by atoms with Crippen molar-refractivity contribution < 1.29 is 9.47 Å². The molecule has 1 atom stereocenters. The minimum absolute atomic E-state index is 0.332. The van der Waals surface area contributed by atoms with E-state index < -0.39 is 0 Å². The molecular weight excluding hydrogens is 416 g/mol. The number of aryl methyl sites for hydroxylation is 1. The highest BCUT2D eigenvalue weighted by Crippen LogP contribution is 2.38. The van der Waals surface area contributed by atoms with Gasteiger partial charge in [-0.1, -0.05) is 67.3 Å². The van der Waals surface area contributed by atoms with Crippen molar-refractivity contribution >= 4 is 11.6 Å². The van der Waals surface area contributed by atoms with Crippen LogP contribution in [0, 0.1) is 12.3 Å². The molecule has 0 N–H and O–H groups in total. The summed E-state index contributed by atoms with van der Waals surface area (Å²) in [5, 5.41) is 0.617. The number of terminal acetylenes is 1. The molecule has 3 aromatic rings. The minimum Gasteiger partial charge on any atom is -0.492 e. The normalized spacial score (nSPS) is 12.6. The van der Waals surface area contributed by atoms with Gasteiger partial charge in [-0.2, -0.15) is 0 Å². The Morgan fingerprint density at radius 2 is 1.69 bits per heavy atom. The number of benzene rings is 3. The smallest absolute Gasteiger partial charge is 0.137 e. The van der Waals surface area contributed by atoms with Gasteiger partial charge in [-0.15, -0.1) is 6.42 Å². The van der Waals surface area contributed by atoms with Crippen LogP contribution in [0.25, 0.3) is 0 Å². The van der Waals surface area contributed by atoms with Gasteiger partial charge in [0.05, 0.1) is 17.0 Å². The molecule has 32 heavy (non-hydrogen) atoms. The number of hydrogen-bond acceptors (Lipinski definition) is 2. The molecule has 0 fully saturated rings. The van der Waals surface area contributed by atoms with E-state index in [4.69, 9.17) is 27.5 Å². The number of ether oxygens (including phenoxy) is 2. The van der Waals surface area contributed by atoms with Crippen LogP contribution in [-0.4, -0.2) is 6.61 Å². The van der Waals surface area contributed by atoms with Gasteiger partial charge in [-0.25, -0.2) is 0 Å². The van der Waals surface area contributed by atoms with E-state index in [9.17, 15) is 0 Å². The Balaban J connectivity index is 1.70. The number of hydrogen-bond donors (Lipinski definition) is 0. The third kappa shape index (κ3) is 6.09. The maximum Gasteiger partial charge on any atom is 0.137 e.